The summed E-state index contributed by atoms with van der Waals surface area (Å²) in [5.74, 6) is 0.693. The summed E-state index contributed by atoms with van der Waals surface area (Å²) in [5, 5.41) is 3.29. The van der Waals surface area contributed by atoms with Gasteiger partial charge in [0.05, 0.1) is 5.69 Å². The average Bonchev–Trinajstić information content (AvgIpc) is 3.04. The number of likely N-dealkylation sites (tertiary alicyclic amines) is 1. The van der Waals surface area contributed by atoms with E-state index in [-0.39, 0.29) is 11.9 Å². The number of nitrogens with one attached hydrogen (secondary N) is 1. The molecule has 2 aliphatic rings. The van der Waals surface area contributed by atoms with Gasteiger partial charge in [-0.25, -0.2) is 0 Å². The highest BCUT2D eigenvalue weighted by Crippen LogP contribution is 2.27. The SMILES string of the molecule is CCC[C@@H]1CN(C2CCOCC2)C[C@H]1NC(=O)CCc1cnccn1. The van der Waals surface area contributed by atoms with Crippen LogP contribution in [0.5, 0.6) is 0 Å². The van der Waals surface area contributed by atoms with E-state index in [4.69, 9.17) is 4.74 Å². The molecule has 0 spiro atoms. The normalized spacial score (nSPS) is 25.2. The van der Waals surface area contributed by atoms with Crippen LogP contribution in [-0.2, 0) is 16.0 Å². The summed E-state index contributed by atoms with van der Waals surface area (Å²) < 4.78 is 5.49. The molecule has 2 aliphatic heterocycles. The third kappa shape index (κ3) is 5.22. The van der Waals surface area contributed by atoms with Gasteiger partial charge in [-0.3, -0.25) is 19.7 Å². The molecule has 6 heteroatoms. The largest absolute Gasteiger partial charge is 0.381 e. The van der Waals surface area contributed by atoms with E-state index in [2.05, 4.69) is 27.1 Å². The van der Waals surface area contributed by atoms with E-state index in [1.165, 1.54) is 6.42 Å². The summed E-state index contributed by atoms with van der Waals surface area (Å²) in [6.07, 6.45) is 10.8. The molecular formula is C19H30N4O2. The van der Waals surface area contributed by atoms with Crippen LogP contribution in [0.1, 0.15) is 44.7 Å². The first-order valence-electron chi connectivity index (χ1n) is 9.62. The predicted octanol–water partition coefficient (Wildman–Crippen LogP) is 1.80. The Balaban J connectivity index is 1.50. The van der Waals surface area contributed by atoms with E-state index in [1.807, 2.05) is 0 Å². The molecule has 1 aromatic heterocycles. The fraction of sp³-hybridized carbons (Fsp3) is 0.737. The molecule has 3 heterocycles. The van der Waals surface area contributed by atoms with Crippen LogP contribution < -0.4 is 5.32 Å². The molecule has 0 unspecified atom stereocenters. The third-order valence-corrected chi connectivity index (χ3v) is 5.41. The van der Waals surface area contributed by atoms with Gasteiger partial charge in [-0.2, -0.15) is 0 Å². The summed E-state index contributed by atoms with van der Waals surface area (Å²) in [6.45, 7) is 6.05. The highest BCUT2D eigenvalue weighted by molar-refractivity contribution is 5.76. The molecule has 138 valence electrons. The standard InChI is InChI=1S/C19H30N4O2/c1-2-3-15-13-23(17-6-10-25-11-7-17)14-18(15)22-19(24)5-4-16-12-20-8-9-21-16/h8-9,12,15,17-18H,2-7,10-11,13-14H2,1H3,(H,22,24)/t15-,18-/m1/s1. The van der Waals surface area contributed by atoms with Crippen molar-refractivity contribution in [1.29, 1.82) is 0 Å². The van der Waals surface area contributed by atoms with Crippen molar-refractivity contribution in [2.24, 2.45) is 5.92 Å². The van der Waals surface area contributed by atoms with Gasteiger partial charge in [0.25, 0.3) is 0 Å². The van der Waals surface area contributed by atoms with Gasteiger partial charge >= 0.3 is 0 Å². The van der Waals surface area contributed by atoms with Crippen LogP contribution in [0.15, 0.2) is 18.6 Å². The van der Waals surface area contributed by atoms with E-state index < -0.39 is 0 Å². The minimum atomic E-state index is 0.130. The van der Waals surface area contributed by atoms with Crippen LogP contribution in [0.3, 0.4) is 0 Å². The molecular weight excluding hydrogens is 316 g/mol. The van der Waals surface area contributed by atoms with Gasteiger partial charge in [0.2, 0.25) is 5.91 Å². The Hall–Kier alpha value is -1.53. The lowest BCUT2D eigenvalue weighted by atomic mass is 9.98. The molecule has 3 rings (SSSR count). The van der Waals surface area contributed by atoms with Crippen molar-refractivity contribution in [1.82, 2.24) is 20.2 Å². The summed E-state index contributed by atoms with van der Waals surface area (Å²) in [7, 11) is 0. The van der Waals surface area contributed by atoms with Gasteiger partial charge in [-0.15, -0.1) is 0 Å². The van der Waals surface area contributed by atoms with E-state index in [1.54, 1.807) is 18.6 Å². The first-order chi connectivity index (χ1) is 12.3. The quantitative estimate of drug-likeness (QED) is 0.815. The lowest BCUT2D eigenvalue weighted by Gasteiger charge is -2.31. The van der Waals surface area contributed by atoms with E-state index in [0.717, 1.165) is 51.3 Å². The van der Waals surface area contributed by atoms with Gasteiger partial charge < -0.3 is 10.1 Å². The topological polar surface area (TPSA) is 67.3 Å². The number of ether oxygens (including phenoxy) is 1. The number of aromatic nitrogens is 2. The molecule has 0 saturated carbocycles. The lowest BCUT2D eigenvalue weighted by molar-refractivity contribution is -0.122. The molecule has 2 saturated heterocycles. The number of carbonyl (C=O) groups excluding carboxylic acids is 1. The predicted molar refractivity (Wildman–Crippen MR) is 96.1 cm³/mol. The zero-order chi connectivity index (χ0) is 17.5. The number of hydrogen-bond acceptors (Lipinski definition) is 5. The molecule has 2 fully saturated rings. The molecule has 1 N–H and O–H groups in total. The van der Waals surface area contributed by atoms with Gasteiger partial charge in [-0.1, -0.05) is 13.3 Å². The van der Waals surface area contributed by atoms with Crippen LogP contribution in [0.25, 0.3) is 0 Å². The van der Waals surface area contributed by atoms with E-state index in [0.29, 0.717) is 24.8 Å². The summed E-state index contributed by atoms with van der Waals surface area (Å²) in [4.78, 5) is 23.3. The number of rotatable bonds is 7. The molecule has 25 heavy (non-hydrogen) atoms. The summed E-state index contributed by atoms with van der Waals surface area (Å²) >= 11 is 0. The van der Waals surface area contributed by atoms with Crippen LogP contribution >= 0.6 is 0 Å². The van der Waals surface area contributed by atoms with Crippen LogP contribution in [-0.4, -0.2) is 59.2 Å². The Labute approximate surface area is 150 Å². The molecule has 0 aliphatic carbocycles. The van der Waals surface area contributed by atoms with Gasteiger partial charge in [-0.05, 0) is 31.6 Å². The fourth-order valence-corrected chi connectivity index (χ4v) is 4.06. The smallest absolute Gasteiger partial charge is 0.220 e. The molecule has 2 atom stereocenters. The minimum absolute atomic E-state index is 0.130. The lowest BCUT2D eigenvalue weighted by Crippen LogP contribution is -2.42. The van der Waals surface area contributed by atoms with Crippen molar-refractivity contribution in [3.63, 3.8) is 0 Å². The number of amides is 1. The van der Waals surface area contributed by atoms with Crippen molar-refractivity contribution in [2.45, 2.75) is 57.5 Å². The minimum Gasteiger partial charge on any atom is -0.381 e. The Morgan fingerprint density at radius 3 is 2.88 bits per heavy atom. The number of carbonyl (C=O) groups is 1. The molecule has 1 amide bonds. The monoisotopic (exact) mass is 346 g/mol. The Bertz CT molecular complexity index is 533. The second-order valence-electron chi connectivity index (χ2n) is 7.22. The van der Waals surface area contributed by atoms with Crippen LogP contribution in [0.2, 0.25) is 0 Å². The van der Waals surface area contributed by atoms with Gasteiger partial charge in [0.15, 0.2) is 0 Å². The zero-order valence-corrected chi connectivity index (χ0v) is 15.2. The Kier molecular flexibility index (Phi) is 6.76. The van der Waals surface area contributed by atoms with Crippen molar-refractivity contribution in [3.05, 3.63) is 24.3 Å². The van der Waals surface area contributed by atoms with Gasteiger partial charge in [0.1, 0.15) is 0 Å². The zero-order valence-electron chi connectivity index (χ0n) is 15.2. The fourth-order valence-electron chi connectivity index (χ4n) is 4.06. The molecule has 0 aromatic carbocycles. The maximum absolute atomic E-state index is 12.4. The number of aryl methyl sites for hydroxylation is 1. The average molecular weight is 346 g/mol. The number of nitrogens with zero attached hydrogens (tertiary/aromatic N) is 3. The van der Waals surface area contributed by atoms with E-state index >= 15 is 0 Å². The highest BCUT2D eigenvalue weighted by atomic mass is 16.5. The second kappa shape index (κ2) is 9.25. The van der Waals surface area contributed by atoms with Crippen LogP contribution in [0, 0.1) is 5.92 Å². The van der Waals surface area contributed by atoms with Crippen molar-refractivity contribution in [3.8, 4) is 0 Å². The van der Waals surface area contributed by atoms with Crippen molar-refractivity contribution < 1.29 is 9.53 Å². The van der Waals surface area contributed by atoms with E-state index in [9.17, 15) is 4.79 Å². The van der Waals surface area contributed by atoms with Crippen LogP contribution in [0.4, 0.5) is 0 Å². The number of hydrogen-bond donors (Lipinski definition) is 1. The van der Waals surface area contributed by atoms with Crippen molar-refractivity contribution in [2.75, 3.05) is 26.3 Å². The second-order valence-corrected chi connectivity index (χ2v) is 7.22. The summed E-state index contributed by atoms with van der Waals surface area (Å²) in [6, 6.07) is 0.895. The highest BCUT2D eigenvalue weighted by Gasteiger charge is 2.36. The summed E-state index contributed by atoms with van der Waals surface area (Å²) in [5.41, 5.74) is 0.873. The molecule has 6 nitrogen and oxygen atoms in total. The maximum atomic E-state index is 12.4. The molecule has 0 bridgehead atoms. The first-order valence-corrected chi connectivity index (χ1v) is 9.62. The third-order valence-electron chi connectivity index (χ3n) is 5.41. The molecule has 1 aromatic rings. The molecule has 0 radical (unpaired) electrons. The first kappa shape index (κ1) is 18.3. The Morgan fingerprint density at radius 1 is 1.32 bits per heavy atom. The van der Waals surface area contributed by atoms with Gasteiger partial charge in [0, 0.05) is 63.4 Å². The maximum Gasteiger partial charge on any atom is 0.220 e. The van der Waals surface area contributed by atoms with Crippen molar-refractivity contribution >= 4 is 5.91 Å². The Morgan fingerprint density at radius 2 is 2.16 bits per heavy atom.